The van der Waals surface area contributed by atoms with Crippen LogP contribution in [-0.2, 0) is 11.3 Å². The summed E-state index contributed by atoms with van der Waals surface area (Å²) in [6.45, 7) is 5.34. The van der Waals surface area contributed by atoms with Crippen LogP contribution in [0.5, 0.6) is 5.75 Å². The molecule has 36 heavy (non-hydrogen) atoms. The van der Waals surface area contributed by atoms with Crippen LogP contribution in [0.1, 0.15) is 46.6 Å². The zero-order valence-electron chi connectivity index (χ0n) is 21.0. The summed E-state index contributed by atoms with van der Waals surface area (Å²) in [6, 6.07) is 17.1. The third kappa shape index (κ3) is 6.08. The fourth-order valence-corrected chi connectivity index (χ4v) is 5.02. The molecule has 1 aliphatic heterocycles. The maximum Gasteiger partial charge on any atom is 0.259 e. The zero-order valence-corrected chi connectivity index (χ0v) is 21.8. The molecular formula is C28H32ClN3O4. The molecule has 7 nitrogen and oxygen atoms in total. The maximum atomic E-state index is 13.4. The summed E-state index contributed by atoms with van der Waals surface area (Å²) in [5.41, 5.74) is 1.59. The van der Waals surface area contributed by atoms with E-state index in [9.17, 15) is 9.59 Å². The number of rotatable bonds is 8. The normalized spacial score (nSPS) is 17.6. The van der Waals surface area contributed by atoms with Crippen molar-refractivity contribution >= 4 is 23.4 Å². The molecule has 1 unspecified atom stereocenters. The molecule has 0 bridgehead atoms. The average molecular weight is 510 g/mol. The van der Waals surface area contributed by atoms with E-state index in [0.717, 1.165) is 18.4 Å². The van der Waals surface area contributed by atoms with Crippen molar-refractivity contribution < 1.29 is 18.8 Å². The molecule has 1 fully saturated rings. The summed E-state index contributed by atoms with van der Waals surface area (Å²) in [5.74, 6) is 1.03. The van der Waals surface area contributed by atoms with Crippen LogP contribution in [0.4, 0.5) is 0 Å². The zero-order chi connectivity index (χ0) is 25.7. The molecule has 1 saturated heterocycles. The van der Waals surface area contributed by atoms with Gasteiger partial charge in [-0.3, -0.25) is 9.59 Å². The summed E-state index contributed by atoms with van der Waals surface area (Å²) < 4.78 is 11.4. The minimum Gasteiger partial charge on any atom is -0.493 e. The van der Waals surface area contributed by atoms with Crippen LogP contribution in [0.2, 0.25) is 5.02 Å². The predicted octanol–water partition coefficient (Wildman–Crippen LogP) is 5.29. The number of hydrogen-bond donors (Lipinski definition) is 0. The van der Waals surface area contributed by atoms with Gasteiger partial charge >= 0.3 is 0 Å². The van der Waals surface area contributed by atoms with Crippen LogP contribution in [-0.4, -0.2) is 53.5 Å². The Kier molecular flexibility index (Phi) is 7.99. The molecular weight excluding hydrogens is 478 g/mol. The van der Waals surface area contributed by atoms with E-state index in [1.165, 1.54) is 0 Å². The van der Waals surface area contributed by atoms with Crippen LogP contribution >= 0.6 is 11.6 Å². The molecule has 190 valence electrons. The largest absolute Gasteiger partial charge is 0.493 e. The molecule has 1 atom stereocenters. The lowest BCUT2D eigenvalue weighted by atomic mass is 9.77. The van der Waals surface area contributed by atoms with Gasteiger partial charge in [0.1, 0.15) is 17.1 Å². The third-order valence-corrected chi connectivity index (χ3v) is 6.99. The van der Waals surface area contributed by atoms with Crippen molar-refractivity contribution in [1.29, 1.82) is 0 Å². The number of hydrogen-bond acceptors (Lipinski definition) is 5. The van der Waals surface area contributed by atoms with E-state index in [1.54, 1.807) is 30.9 Å². The molecule has 0 spiro atoms. The summed E-state index contributed by atoms with van der Waals surface area (Å²) in [6.07, 6.45) is 1.80. The fourth-order valence-electron chi connectivity index (χ4n) is 4.84. The number of likely N-dealkylation sites (tertiary alicyclic amines) is 1. The number of ether oxygens (including phenoxy) is 1. The molecule has 2 aromatic carbocycles. The Morgan fingerprint density at radius 2 is 1.94 bits per heavy atom. The van der Waals surface area contributed by atoms with Crippen molar-refractivity contribution in [3.8, 4) is 5.75 Å². The molecule has 3 aromatic rings. The second-order valence-corrected chi connectivity index (χ2v) is 10.1. The van der Waals surface area contributed by atoms with Crippen LogP contribution < -0.4 is 4.74 Å². The Bertz CT molecular complexity index is 1190. The first-order valence-electron chi connectivity index (χ1n) is 12.1. The van der Waals surface area contributed by atoms with Gasteiger partial charge in [-0.05, 0) is 50.5 Å². The van der Waals surface area contributed by atoms with Gasteiger partial charge in [-0.1, -0.05) is 53.2 Å². The third-order valence-electron chi connectivity index (χ3n) is 6.75. The lowest BCUT2D eigenvalue weighted by Crippen LogP contribution is -2.50. The highest BCUT2D eigenvalue weighted by Crippen LogP contribution is 2.36. The van der Waals surface area contributed by atoms with E-state index < -0.39 is 5.41 Å². The molecule has 4 rings (SSSR count). The van der Waals surface area contributed by atoms with Crippen molar-refractivity contribution in [2.24, 2.45) is 5.41 Å². The SMILES string of the molecule is Cc1noc(C)c1C(=O)N1CCCC(COc2cccc(Cl)c2)(CC(=O)N(C)Cc2ccccc2)C1. The molecule has 0 radical (unpaired) electrons. The van der Waals surface area contributed by atoms with Gasteiger partial charge in [-0.2, -0.15) is 0 Å². The maximum absolute atomic E-state index is 13.4. The van der Waals surface area contributed by atoms with Gasteiger partial charge in [0.2, 0.25) is 5.91 Å². The second-order valence-electron chi connectivity index (χ2n) is 9.69. The predicted molar refractivity (Wildman–Crippen MR) is 138 cm³/mol. The van der Waals surface area contributed by atoms with Crippen LogP contribution in [0.15, 0.2) is 59.1 Å². The number of halogens is 1. The quantitative estimate of drug-likeness (QED) is 0.412. The van der Waals surface area contributed by atoms with Crippen molar-refractivity contribution in [2.75, 3.05) is 26.7 Å². The minimum absolute atomic E-state index is 0.0141. The molecule has 1 aliphatic rings. The van der Waals surface area contributed by atoms with E-state index in [4.69, 9.17) is 20.9 Å². The summed E-state index contributed by atoms with van der Waals surface area (Å²) in [4.78, 5) is 30.4. The van der Waals surface area contributed by atoms with Crippen LogP contribution in [0.3, 0.4) is 0 Å². The topological polar surface area (TPSA) is 75.9 Å². The lowest BCUT2D eigenvalue weighted by molar-refractivity contribution is -0.134. The highest BCUT2D eigenvalue weighted by atomic mass is 35.5. The summed E-state index contributed by atoms with van der Waals surface area (Å²) in [7, 11) is 1.82. The average Bonchev–Trinajstić information content (AvgIpc) is 3.21. The number of carbonyl (C=O) groups excluding carboxylic acids is 2. The van der Waals surface area contributed by atoms with E-state index in [2.05, 4.69) is 5.16 Å². The Balaban J connectivity index is 1.55. The van der Waals surface area contributed by atoms with Gasteiger partial charge in [0.15, 0.2) is 0 Å². The molecule has 2 heterocycles. The van der Waals surface area contributed by atoms with Gasteiger partial charge in [-0.25, -0.2) is 0 Å². The standard InChI is InChI=1S/C28H32ClN3O4/c1-20-26(21(2)36-30-20)27(34)32-14-8-13-28(18-32,19-35-24-12-7-11-23(29)15-24)16-25(33)31(3)17-22-9-5-4-6-10-22/h4-7,9-12,15H,8,13-14,16-19H2,1-3H3. The Labute approximate surface area is 217 Å². The van der Waals surface area contributed by atoms with Crippen LogP contribution in [0.25, 0.3) is 0 Å². The Morgan fingerprint density at radius 3 is 2.64 bits per heavy atom. The molecule has 0 saturated carbocycles. The number of carbonyl (C=O) groups is 2. The van der Waals surface area contributed by atoms with Crippen LogP contribution in [0, 0.1) is 19.3 Å². The minimum atomic E-state index is -0.544. The number of nitrogens with zero attached hydrogens (tertiary/aromatic N) is 3. The highest BCUT2D eigenvalue weighted by Gasteiger charge is 2.41. The molecule has 0 aliphatic carbocycles. The van der Waals surface area contributed by atoms with Crippen molar-refractivity contribution in [2.45, 2.75) is 39.7 Å². The monoisotopic (exact) mass is 509 g/mol. The smallest absolute Gasteiger partial charge is 0.259 e. The number of amides is 2. The Hall–Kier alpha value is -3.32. The first kappa shape index (κ1) is 25.8. The molecule has 2 amide bonds. The number of piperidine rings is 1. The molecule has 8 heteroatoms. The van der Waals surface area contributed by atoms with Crippen molar-refractivity contribution in [1.82, 2.24) is 15.0 Å². The first-order valence-corrected chi connectivity index (χ1v) is 12.5. The van der Waals surface area contributed by atoms with Crippen molar-refractivity contribution in [3.63, 3.8) is 0 Å². The van der Waals surface area contributed by atoms with Gasteiger partial charge in [-0.15, -0.1) is 0 Å². The highest BCUT2D eigenvalue weighted by molar-refractivity contribution is 6.30. The molecule has 0 N–H and O–H groups in total. The second kappa shape index (κ2) is 11.2. The van der Waals surface area contributed by atoms with E-state index in [-0.39, 0.29) is 18.2 Å². The Morgan fingerprint density at radius 1 is 1.17 bits per heavy atom. The van der Waals surface area contributed by atoms with Gasteiger partial charge in [0, 0.05) is 43.5 Å². The number of aryl methyl sites for hydroxylation is 2. The fraction of sp³-hybridized carbons (Fsp3) is 0.393. The van der Waals surface area contributed by atoms with Gasteiger partial charge in [0.25, 0.3) is 5.91 Å². The van der Waals surface area contributed by atoms with Gasteiger partial charge in [0.05, 0.1) is 12.3 Å². The summed E-state index contributed by atoms with van der Waals surface area (Å²) >= 11 is 6.15. The number of benzene rings is 2. The van der Waals surface area contributed by atoms with E-state index in [1.807, 2.05) is 54.4 Å². The summed E-state index contributed by atoms with van der Waals surface area (Å²) in [5, 5.41) is 4.53. The van der Waals surface area contributed by atoms with Gasteiger partial charge < -0.3 is 19.1 Å². The van der Waals surface area contributed by atoms with Crippen molar-refractivity contribution in [3.05, 3.63) is 82.2 Å². The lowest BCUT2D eigenvalue weighted by Gasteiger charge is -2.42. The van der Waals surface area contributed by atoms with E-state index >= 15 is 0 Å². The molecule has 1 aromatic heterocycles. The van der Waals surface area contributed by atoms with E-state index in [0.29, 0.717) is 54.0 Å². The first-order chi connectivity index (χ1) is 17.3. The number of aromatic nitrogens is 1.